The van der Waals surface area contributed by atoms with Gasteiger partial charge in [-0.1, -0.05) is 0 Å². The Morgan fingerprint density at radius 1 is 1.54 bits per heavy atom. The molecule has 2 nitrogen and oxygen atoms in total. The quantitative estimate of drug-likeness (QED) is 0.850. The zero-order valence-corrected chi connectivity index (χ0v) is 8.95. The third-order valence-electron chi connectivity index (χ3n) is 1.62. The molecule has 0 aliphatic rings. The maximum atomic E-state index is 12.9. The van der Waals surface area contributed by atoms with Crippen molar-refractivity contribution < 1.29 is 4.39 Å². The van der Waals surface area contributed by atoms with Crippen molar-refractivity contribution in [1.29, 1.82) is 5.26 Å². The van der Waals surface area contributed by atoms with Crippen LogP contribution in [0, 0.1) is 20.7 Å². The highest BCUT2D eigenvalue weighted by Crippen LogP contribution is 2.18. The van der Waals surface area contributed by atoms with Crippen LogP contribution in [-0.4, -0.2) is 0 Å². The highest BCUT2D eigenvalue weighted by Gasteiger charge is 2.07. The van der Waals surface area contributed by atoms with Crippen molar-refractivity contribution in [3.63, 3.8) is 0 Å². The maximum Gasteiger partial charge on any atom is 0.124 e. The van der Waals surface area contributed by atoms with E-state index < -0.39 is 6.04 Å². The van der Waals surface area contributed by atoms with Crippen LogP contribution in [0.25, 0.3) is 0 Å². The van der Waals surface area contributed by atoms with Crippen molar-refractivity contribution in [1.82, 2.24) is 0 Å². The molecule has 1 rings (SSSR count). The highest BCUT2D eigenvalue weighted by atomic mass is 127. The molecule has 0 aliphatic carbocycles. The molecule has 1 aromatic carbocycles. The lowest BCUT2D eigenvalue weighted by Gasteiger charge is -2.07. The van der Waals surface area contributed by atoms with Gasteiger partial charge in [-0.05, 0) is 46.4 Å². The first-order valence-corrected chi connectivity index (χ1v) is 4.80. The van der Waals surface area contributed by atoms with Gasteiger partial charge >= 0.3 is 0 Å². The highest BCUT2D eigenvalue weighted by molar-refractivity contribution is 14.1. The van der Waals surface area contributed by atoms with E-state index in [0.29, 0.717) is 5.56 Å². The van der Waals surface area contributed by atoms with Crippen LogP contribution < -0.4 is 5.73 Å². The molecule has 0 fully saturated rings. The van der Waals surface area contributed by atoms with Gasteiger partial charge in [0, 0.05) is 9.61 Å². The predicted octanol–water partition coefficient (Wildman–Crippen LogP) is 2.34. The van der Waals surface area contributed by atoms with Crippen molar-refractivity contribution in [2.45, 2.75) is 12.5 Å². The van der Waals surface area contributed by atoms with E-state index in [9.17, 15) is 4.39 Å². The minimum atomic E-state index is -0.394. The minimum Gasteiger partial charge on any atom is -0.323 e. The number of hydrogen-bond acceptors (Lipinski definition) is 2. The summed E-state index contributed by atoms with van der Waals surface area (Å²) in [5, 5.41) is 8.41. The molecule has 2 N–H and O–H groups in total. The van der Waals surface area contributed by atoms with Gasteiger partial charge in [-0.15, -0.1) is 0 Å². The average Bonchev–Trinajstić information content (AvgIpc) is 2.03. The molecule has 68 valence electrons. The zero-order valence-electron chi connectivity index (χ0n) is 6.80. The van der Waals surface area contributed by atoms with E-state index in [1.807, 2.05) is 28.7 Å². The van der Waals surface area contributed by atoms with Crippen LogP contribution in [-0.2, 0) is 0 Å². The first-order chi connectivity index (χ1) is 6.13. The first kappa shape index (κ1) is 10.4. The lowest BCUT2D eigenvalue weighted by molar-refractivity contribution is 0.619. The number of rotatable bonds is 2. The molecular weight excluding hydrogens is 282 g/mol. The van der Waals surface area contributed by atoms with Gasteiger partial charge in [0.15, 0.2) is 0 Å². The normalized spacial score (nSPS) is 12.2. The minimum absolute atomic E-state index is 0.208. The van der Waals surface area contributed by atoms with E-state index in [1.165, 1.54) is 12.1 Å². The van der Waals surface area contributed by atoms with Crippen LogP contribution >= 0.6 is 22.6 Å². The molecule has 0 aromatic heterocycles. The van der Waals surface area contributed by atoms with Crippen LogP contribution in [0.15, 0.2) is 18.2 Å². The van der Waals surface area contributed by atoms with Crippen molar-refractivity contribution in [3.05, 3.63) is 33.1 Å². The summed E-state index contributed by atoms with van der Waals surface area (Å²) >= 11 is 2.01. The molecule has 0 unspecified atom stereocenters. The van der Waals surface area contributed by atoms with Gasteiger partial charge in [0.25, 0.3) is 0 Å². The van der Waals surface area contributed by atoms with Gasteiger partial charge in [-0.25, -0.2) is 4.39 Å². The zero-order chi connectivity index (χ0) is 9.84. The number of nitrogens with zero attached hydrogens (tertiary/aromatic N) is 1. The summed E-state index contributed by atoms with van der Waals surface area (Å²) in [5.74, 6) is -0.310. The number of hydrogen-bond donors (Lipinski definition) is 1. The van der Waals surface area contributed by atoms with Gasteiger partial charge in [-0.2, -0.15) is 5.26 Å². The molecule has 0 saturated heterocycles. The summed E-state index contributed by atoms with van der Waals surface area (Å²) in [7, 11) is 0. The summed E-state index contributed by atoms with van der Waals surface area (Å²) in [6, 6.07) is 6.13. The molecular formula is C9H8FIN2. The summed E-state index contributed by atoms with van der Waals surface area (Å²) in [6.07, 6.45) is 0.208. The largest absolute Gasteiger partial charge is 0.323 e. The molecule has 0 heterocycles. The Labute approximate surface area is 89.7 Å². The van der Waals surface area contributed by atoms with E-state index in [0.717, 1.165) is 3.57 Å². The summed E-state index contributed by atoms with van der Waals surface area (Å²) in [4.78, 5) is 0. The molecule has 13 heavy (non-hydrogen) atoms. The summed E-state index contributed by atoms with van der Waals surface area (Å²) in [6.45, 7) is 0. The predicted molar refractivity (Wildman–Crippen MR) is 56.3 cm³/mol. The molecule has 0 radical (unpaired) electrons. The Hall–Kier alpha value is -0.670. The van der Waals surface area contributed by atoms with Crippen molar-refractivity contribution >= 4 is 22.6 Å². The van der Waals surface area contributed by atoms with E-state index >= 15 is 0 Å². The van der Waals surface area contributed by atoms with Gasteiger partial charge in [0.05, 0.1) is 12.5 Å². The fourth-order valence-electron chi connectivity index (χ4n) is 1.01. The lowest BCUT2D eigenvalue weighted by Crippen LogP contribution is -2.09. The molecule has 1 atom stereocenters. The van der Waals surface area contributed by atoms with E-state index in [2.05, 4.69) is 0 Å². The van der Waals surface area contributed by atoms with Crippen LogP contribution in [0.5, 0.6) is 0 Å². The fraction of sp³-hybridized carbons (Fsp3) is 0.222. The molecule has 4 heteroatoms. The number of halogens is 2. The van der Waals surface area contributed by atoms with Crippen molar-refractivity contribution in [3.8, 4) is 6.07 Å². The Bertz CT molecular complexity index is 326. The fourth-order valence-corrected chi connectivity index (χ4v) is 1.66. The van der Waals surface area contributed by atoms with Crippen molar-refractivity contribution in [2.75, 3.05) is 0 Å². The van der Waals surface area contributed by atoms with Crippen molar-refractivity contribution in [2.24, 2.45) is 5.73 Å². The van der Waals surface area contributed by atoms with Gasteiger partial charge in [0.1, 0.15) is 5.82 Å². The third kappa shape index (κ3) is 2.94. The molecule has 0 bridgehead atoms. The topological polar surface area (TPSA) is 49.8 Å². The van der Waals surface area contributed by atoms with Crippen LogP contribution in [0.3, 0.4) is 0 Å². The Kier molecular flexibility index (Phi) is 3.63. The standard InChI is InChI=1S/C9H8FIN2/c10-7-3-6(4-8(11)5-7)9(13)1-2-12/h3-5,9H,1,13H2/t9-/m0/s1. The second kappa shape index (κ2) is 4.53. The molecule has 0 aliphatic heterocycles. The summed E-state index contributed by atoms with van der Waals surface area (Å²) in [5.41, 5.74) is 6.32. The first-order valence-electron chi connectivity index (χ1n) is 3.72. The monoisotopic (exact) mass is 290 g/mol. The molecule has 0 amide bonds. The Morgan fingerprint density at radius 3 is 2.77 bits per heavy atom. The third-order valence-corrected chi connectivity index (χ3v) is 2.25. The molecule has 0 saturated carbocycles. The summed E-state index contributed by atoms with van der Waals surface area (Å²) < 4.78 is 13.7. The Balaban J connectivity index is 2.95. The van der Waals surface area contributed by atoms with Gasteiger partial charge in [-0.3, -0.25) is 0 Å². The van der Waals surface area contributed by atoms with Crippen LogP contribution in [0.1, 0.15) is 18.0 Å². The van der Waals surface area contributed by atoms with Gasteiger partial charge < -0.3 is 5.73 Å². The lowest BCUT2D eigenvalue weighted by atomic mass is 10.1. The molecule has 1 aromatic rings. The van der Waals surface area contributed by atoms with Crippen LogP contribution in [0.2, 0.25) is 0 Å². The number of nitrogens with two attached hydrogens (primary N) is 1. The molecule has 0 spiro atoms. The average molecular weight is 290 g/mol. The maximum absolute atomic E-state index is 12.9. The second-order valence-electron chi connectivity index (χ2n) is 2.67. The Morgan fingerprint density at radius 2 is 2.23 bits per heavy atom. The second-order valence-corrected chi connectivity index (χ2v) is 3.92. The smallest absolute Gasteiger partial charge is 0.124 e. The number of benzene rings is 1. The van der Waals surface area contributed by atoms with Gasteiger partial charge in [0.2, 0.25) is 0 Å². The van der Waals surface area contributed by atoms with E-state index in [-0.39, 0.29) is 12.2 Å². The SMILES string of the molecule is N#CC[C@H](N)c1cc(F)cc(I)c1. The number of nitriles is 1. The van der Waals surface area contributed by atoms with E-state index in [1.54, 1.807) is 6.07 Å². The van der Waals surface area contributed by atoms with E-state index in [4.69, 9.17) is 11.0 Å². The van der Waals surface area contributed by atoms with Crippen LogP contribution in [0.4, 0.5) is 4.39 Å².